The molecule has 0 aliphatic carbocycles. The van der Waals surface area contributed by atoms with Crippen molar-refractivity contribution in [1.82, 2.24) is 10.3 Å². The maximum atomic E-state index is 5.67. The SMILES string of the molecule is CCCOc1cncc(C(Cc2ccccc2C)NC)c1. The van der Waals surface area contributed by atoms with Crippen molar-refractivity contribution in [2.75, 3.05) is 13.7 Å². The fourth-order valence-electron chi connectivity index (χ4n) is 2.37. The van der Waals surface area contributed by atoms with Gasteiger partial charge in [0.15, 0.2) is 0 Å². The van der Waals surface area contributed by atoms with Gasteiger partial charge in [-0.1, -0.05) is 31.2 Å². The van der Waals surface area contributed by atoms with Gasteiger partial charge in [-0.3, -0.25) is 4.98 Å². The highest BCUT2D eigenvalue weighted by Gasteiger charge is 2.12. The second-order valence-electron chi connectivity index (χ2n) is 5.27. The molecule has 1 aromatic heterocycles. The molecule has 1 heterocycles. The molecule has 2 aromatic rings. The lowest BCUT2D eigenvalue weighted by molar-refractivity contribution is 0.315. The summed E-state index contributed by atoms with van der Waals surface area (Å²) in [6, 6.07) is 10.8. The molecular weight excluding hydrogens is 260 g/mol. The summed E-state index contributed by atoms with van der Waals surface area (Å²) in [5.74, 6) is 0.847. The standard InChI is InChI=1S/C18H24N2O/c1-4-9-21-17-10-16(12-20-13-17)18(19-3)11-15-8-6-5-7-14(15)2/h5-8,10,12-13,18-19H,4,9,11H2,1-3H3. The van der Waals surface area contributed by atoms with Crippen molar-refractivity contribution < 1.29 is 4.74 Å². The first-order chi connectivity index (χ1) is 10.2. The van der Waals surface area contributed by atoms with Crippen LogP contribution in [0.2, 0.25) is 0 Å². The van der Waals surface area contributed by atoms with E-state index in [2.05, 4.69) is 54.5 Å². The minimum absolute atomic E-state index is 0.240. The molecule has 0 aliphatic rings. The topological polar surface area (TPSA) is 34.1 Å². The van der Waals surface area contributed by atoms with Gasteiger partial charge < -0.3 is 10.1 Å². The Bertz CT molecular complexity index is 569. The number of likely N-dealkylation sites (N-methyl/N-ethyl adjacent to an activating group) is 1. The van der Waals surface area contributed by atoms with Crippen LogP contribution < -0.4 is 10.1 Å². The number of pyridine rings is 1. The molecule has 0 radical (unpaired) electrons. The number of benzene rings is 1. The van der Waals surface area contributed by atoms with Crippen LogP contribution in [0.3, 0.4) is 0 Å². The molecule has 1 atom stereocenters. The summed E-state index contributed by atoms with van der Waals surface area (Å²) in [6.45, 7) is 4.99. The molecule has 112 valence electrons. The minimum atomic E-state index is 0.240. The molecule has 0 amide bonds. The third-order valence-corrected chi connectivity index (χ3v) is 3.64. The summed E-state index contributed by atoms with van der Waals surface area (Å²) in [7, 11) is 1.99. The van der Waals surface area contributed by atoms with E-state index in [-0.39, 0.29) is 6.04 Å². The highest BCUT2D eigenvalue weighted by atomic mass is 16.5. The number of nitrogens with one attached hydrogen (secondary N) is 1. The van der Waals surface area contributed by atoms with Gasteiger partial charge in [0.2, 0.25) is 0 Å². The highest BCUT2D eigenvalue weighted by Crippen LogP contribution is 2.22. The normalized spacial score (nSPS) is 12.1. The van der Waals surface area contributed by atoms with E-state index in [9.17, 15) is 0 Å². The number of rotatable bonds is 7. The lowest BCUT2D eigenvalue weighted by Crippen LogP contribution is -2.19. The fraction of sp³-hybridized carbons (Fsp3) is 0.389. The molecule has 1 aromatic carbocycles. The van der Waals surface area contributed by atoms with Gasteiger partial charge in [-0.2, -0.15) is 0 Å². The second kappa shape index (κ2) is 7.79. The Labute approximate surface area is 127 Å². The van der Waals surface area contributed by atoms with E-state index in [0.717, 1.165) is 30.8 Å². The summed E-state index contributed by atoms with van der Waals surface area (Å²) in [4.78, 5) is 4.31. The average Bonchev–Trinajstić information content (AvgIpc) is 2.52. The average molecular weight is 284 g/mol. The molecule has 0 saturated carbocycles. The van der Waals surface area contributed by atoms with Gasteiger partial charge in [0, 0.05) is 12.2 Å². The van der Waals surface area contributed by atoms with E-state index in [1.165, 1.54) is 11.1 Å². The van der Waals surface area contributed by atoms with Crippen LogP contribution in [0.4, 0.5) is 0 Å². The zero-order valence-electron chi connectivity index (χ0n) is 13.1. The zero-order chi connectivity index (χ0) is 15.1. The lowest BCUT2D eigenvalue weighted by atomic mass is 9.97. The third-order valence-electron chi connectivity index (χ3n) is 3.64. The first-order valence-corrected chi connectivity index (χ1v) is 7.54. The predicted octanol–water partition coefficient (Wildman–Crippen LogP) is 3.68. The molecule has 1 unspecified atom stereocenters. The summed E-state index contributed by atoms with van der Waals surface area (Å²) >= 11 is 0. The molecular formula is C18H24N2O. The van der Waals surface area contributed by atoms with Crippen LogP contribution in [0.1, 0.15) is 36.1 Å². The Balaban J connectivity index is 2.15. The lowest BCUT2D eigenvalue weighted by Gasteiger charge is -2.18. The summed E-state index contributed by atoms with van der Waals surface area (Å²) in [5.41, 5.74) is 3.84. The Morgan fingerprint density at radius 3 is 2.76 bits per heavy atom. The summed E-state index contributed by atoms with van der Waals surface area (Å²) in [6.07, 6.45) is 5.64. The van der Waals surface area contributed by atoms with Gasteiger partial charge >= 0.3 is 0 Å². The van der Waals surface area contributed by atoms with E-state index in [0.29, 0.717) is 0 Å². The Hall–Kier alpha value is -1.87. The summed E-state index contributed by atoms with van der Waals surface area (Å²) < 4.78 is 5.67. The predicted molar refractivity (Wildman–Crippen MR) is 86.7 cm³/mol. The van der Waals surface area contributed by atoms with Crippen LogP contribution in [0.25, 0.3) is 0 Å². The van der Waals surface area contributed by atoms with Gasteiger partial charge in [-0.25, -0.2) is 0 Å². The fourth-order valence-corrected chi connectivity index (χ4v) is 2.37. The van der Waals surface area contributed by atoms with Gasteiger partial charge in [-0.15, -0.1) is 0 Å². The third kappa shape index (κ3) is 4.30. The largest absolute Gasteiger partial charge is 0.492 e. The van der Waals surface area contributed by atoms with Gasteiger partial charge in [0.25, 0.3) is 0 Å². The molecule has 2 rings (SSSR count). The van der Waals surface area contributed by atoms with Crippen molar-refractivity contribution in [3.05, 3.63) is 59.4 Å². The van der Waals surface area contributed by atoms with Crippen molar-refractivity contribution >= 4 is 0 Å². The molecule has 0 bridgehead atoms. The molecule has 0 fully saturated rings. The van der Waals surface area contributed by atoms with Crippen LogP contribution in [-0.4, -0.2) is 18.6 Å². The highest BCUT2D eigenvalue weighted by molar-refractivity contribution is 5.31. The van der Waals surface area contributed by atoms with Crippen LogP contribution in [0.5, 0.6) is 5.75 Å². The zero-order valence-corrected chi connectivity index (χ0v) is 13.1. The smallest absolute Gasteiger partial charge is 0.137 e. The molecule has 0 saturated heterocycles. The Morgan fingerprint density at radius 1 is 1.24 bits per heavy atom. The molecule has 1 N–H and O–H groups in total. The maximum Gasteiger partial charge on any atom is 0.137 e. The van der Waals surface area contributed by atoms with E-state index in [1.54, 1.807) is 6.20 Å². The Morgan fingerprint density at radius 2 is 2.05 bits per heavy atom. The number of aromatic nitrogens is 1. The van der Waals surface area contributed by atoms with Crippen LogP contribution in [-0.2, 0) is 6.42 Å². The number of aryl methyl sites for hydroxylation is 1. The molecule has 3 nitrogen and oxygen atoms in total. The number of ether oxygens (including phenoxy) is 1. The van der Waals surface area contributed by atoms with E-state index < -0.39 is 0 Å². The number of hydrogen-bond donors (Lipinski definition) is 1. The van der Waals surface area contributed by atoms with Gasteiger partial charge in [-0.05, 0) is 49.6 Å². The van der Waals surface area contributed by atoms with E-state index in [4.69, 9.17) is 4.74 Å². The molecule has 0 aliphatic heterocycles. The van der Waals surface area contributed by atoms with Crippen LogP contribution in [0.15, 0.2) is 42.7 Å². The Kier molecular flexibility index (Phi) is 5.76. The molecule has 0 spiro atoms. The monoisotopic (exact) mass is 284 g/mol. The summed E-state index contributed by atoms with van der Waals surface area (Å²) in [5, 5.41) is 3.38. The second-order valence-corrected chi connectivity index (χ2v) is 5.27. The molecule has 3 heteroatoms. The number of hydrogen-bond acceptors (Lipinski definition) is 3. The van der Waals surface area contributed by atoms with Crippen molar-refractivity contribution in [1.29, 1.82) is 0 Å². The number of nitrogens with zero attached hydrogens (tertiary/aromatic N) is 1. The van der Waals surface area contributed by atoms with E-state index >= 15 is 0 Å². The van der Waals surface area contributed by atoms with Crippen molar-refractivity contribution in [2.24, 2.45) is 0 Å². The first kappa shape index (κ1) is 15.5. The van der Waals surface area contributed by atoms with Crippen LogP contribution in [0, 0.1) is 6.92 Å². The van der Waals surface area contributed by atoms with E-state index in [1.807, 2.05) is 13.2 Å². The van der Waals surface area contributed by atoms with Crippen molar-refractivity contribution in [3.8, 4) is 5.75 Å². The van der Waals surface area contributed by atoms with Crippen LogP contribution >= 0.6 is 0 Å². The van der Waals surface area contributed by atoms with Crippen molar-refractivity contribution in [2.45, 2.75) is 32.7 Å². The van der Waals surface area contributed by atoms with Crippen molar-refractivity contribution in [3.63, 3.8) is 0 Å². The maximum absolute atomic E-state index is 5.67. The minimum Gasteiger partial charge on any atom is -0.492 e. The van der Waals surface area contributed by atoms with Gasteiger partial charge in [0.05, 0.1) is 12.8 Å². The first-order valence-electron chi connectivity index (χ1n) is 7.54. The molecule has 21 heavy (non-hydrogen) atoms. The van der Waals surface area contributed by atoms with Gasteiger partial charge in [0.1, 0.15) is 5.75 Å². The quantitative estimate of drug-likeness (QED) is 0.842.